The molecule has 2 aromatic carbocycles. The van der Waals surface area contributed by atoms with Gasteiger partial charge in [0, 0.05) is 10.6 Å². The van der Waals surface area contributed by atoms with Crippen molar-refractivity contribution in [1.29, 1.82) is 0 Å². The number of hydrogen-bond acceptors (Lipinski definition) is 4. The molecule has 2 amide bonds. The maximum atomic E-state index is 12.5. The molecule has 6 nitrogen and oxygen atoms in total. The van der Waals surface area contributed by atoms with Crippen molar-refractivity contribution in [2.24, 2.45) is 16.9 Å². The summed E-state index contributed by atoms with van der Waals surface area (Å²) in [5.41, 5.74) is 3.70. The molecular formula is C23H28ClN3O3. The first-order chi connectivity index (χ1) is 14.3. The second-order valence-corrected chi connectivity index (χ2v) is 8.15. The van der Waals surface area contributed by atoms with Crippen molar-refractivity contribution in [3.8, 4) is 5.75 Å². The normalized spacial score (nSPS) is 12.2. The third-order valence-corrected chi connectivity index (χ3v) is 4.41. The molecule has 1 atom stereocenters. The van der Waals surface area contributed by atoms with Crippen LogP contribution in [0.4, 0.5) is 0 Å². The molecule has 0 bridgehead atoms. The predicted octanol–water partition coefficient (Wildman–Crippen LogP) is 4.28. The Morgan fingerprint density at radius 2 is 1.80 bits per heavy atom. The number of ether oxygens (including phenoxy) is 1. The number of benzene rings is 2. The standard InChI is InChI=1S/C23H28ClN3O3/c1-15(2)14-30-20-10-8-17(9-11-20)13-25-27-23(29)21(16(3)4)26-22(28)18-6-5-7-19(24)12-18/h5-13,15-16,21H,14H2,1-4H3,(H,26,28)(H,27,29)/b25-13+. The molecule has 0 spiro atoms. The monoisotopic (exact) mass is 429 g/mol. The van der Waals surface area contributed by atoms with Crippen molar-refractivity contribution >= 4 is 29.6 Å². The molecule has 0 heterocycles. The number of hydrogen-bond donors (Lipinski definition) is 2. The Morgan fingerprint density at radius 1 is 1.10 bits per heavy atom. The number of amides is 2. The van der Waals surface area contributed by atoms with E-state index < -0.39 is 11.9 Å². The predicted molar refractivity (Wildman–Crippen MR) is 120 cm³/mol. The van der Waals surface area contributed by atoms with Gasteiger partial charge in [-0.25, -0.2) is 5.43 Å². The van der Waals surface area contributed by atoms with Crippen LogP contribution in [0.1, 0.15) is 43.6 Å². The molecule has 2 aromatic rings. The summed E-state index contributed by atoms with van der Waals surface area (Å²) in [6, 6.07) is 13.2. The minimum absolute atomic E-state index is 0.124. The lowest BCUT2D eigenvalue weighted by atomic mass is 10.0. The summed E-state index contributed by atoms with van der Waals surface area (Å²) in [5.74, 6) is 0.352. The zero-order valence-electron chi connectivity index (χ0n) is 17.7. The van der Waals surface area contributed by atoms with Crippen LogP contribution in [0.2, 0.25) is 5.02 Å². The number of carbonyl (C=O) groups is 2. The van der Waals surface area contributed by atoms with Crippen LogP contribution in [0.3, 0.4) is 0 Å². The Kier molecular flexibility index (Phi) is 8.87. The maximum absolute atomic E-state index is 12.5. The van der Waals surface area contributed by atoms with Crippen LogP contribution >= 0.6 is 11.6 Å². The highest BCUT2D eigenvalue weighted by Crippen LogP contribution is 2.13. The van der Waals surface area contributed by atoms with Crippen molar-refractivity contribution in [1.82, 2.24) is 10.7 Å². The van der Waals surface area contributed by atoms with E-state index in [4.69, 9.17) is 16.3 Å². The first-order valence-corrected chi connectivity index (χ1v) is 10.3. The molecule has 0 aliphatic heterocycles. The average molecular weight is 430 g/mol. The minimum atomic E-state index is -0.736. The van der Waals surface area contributed by atoms with Crippen LogP contribution in [-0.2, 0) is 4.79 Å². The summed E-state index contributed by atoms with van der Waals surface area (Å²) in [6.07, 6.45) is 1.54. The van der Waals surface area contributed by atoms with Gasteiger partial charge in [-0.2, -0.15) is 5.10 Å². The van der Waals surface area contributed by atoms with Crippen LogP contribution in [0.25, 0.3) is 0 Å². The molecule has 30 heavy (non-hydrogen) atoms. The molecule has 0 aliphatic carbocycles. The van der Waals surface area contributed by atoms with Crippen molar-refractivity contribution < 1.29 is 14.3 Å². The fourth-order valence-corrected chi connectivity index (χ4v) is 2.73. The minimum Gasteiger partial charge on any atom is -0.493 e. The second-order valence-electron chi connectivity index (χ2n) is 7.71. The quantitative estimate of drug-likeness (QED) is 0.461. The number of nitrogens with one attached hydrogen (secondary N) is 2. The van der Waals surface area contributed by atoms with Gasteiger partial charge in [-0.1, -0.05) is 45.4 Å². The first kappa shape index (κ1) is 23.4. The molecular weight excluding hydrogens is 402 g/mol. The van der Waals surface area contributed by atoms with Gasteiger partial charge in [0.2, 0.25) is 0 Å². The van der Waals surface area contributed by atoms with Gasteiger partial charge in [-0.15, -0.1) is 0 Å². The van der Waals surface area contributed by atoms with Crippen LogP contribution in [0, 0.1) is 11.8 Å². The molecule has 0 fully saturated rings. The van der Waals surface area contributed by atoms with Crippen molar-refractivity contribution in [2.75, 3.05) is 6.61 Å². The fourth-order valence-electron chi connectivity index (χ4n) is 2.54. The Balaban J connectivity index is 1.94. The van der Waals surface area contributed by atoms with Crippen molar-refractivity contribution in [3.05, 3.63) is 64.7 Å². The second kappa shape index (κ2) is 11.4. The summed E-state index contributed by atoms with van der Waals surface area (Å²) < 4.78 is 5.64. The molecule has 160 valence electrons. The lowest BCUT2D eigenvalue weighted by molar-refractivity contribution is -0.123. The lowest BCUT2D eigenvalue weighted by Crippen LogP contribution is -2.48. The number of hydrazone groups is 1. The van der Waals surface area contributed by atoms with Crippen molar-refractivity contribution in [2.45, 2.75) is 33.7 Å². The van der Waals surface area contributed by atoms with E-state index in [1.807, 2.05) is 38.1 Å². The van der Waals surface area contributed by atoms with Crippen LogP contribution in [0.15, 0.2) is 53.6 Å². The molecule has 1 unspecified atom stereocenters. The summed E-state index contributed by atoms with van der Waals surface area (Å²) in [4.78, 5) is 25.0. The number of halogens is 1. The number of nitrogens with zero attached hydrogens (tertiary/aromatic N) is 1. The average Bonchev–Trinajstić information content (AvgIpc) is 2.70. The highest BCUT2D eigenvalue weighted by Gasteiger charge is 2.24. The van der Waals surface area contributed by atoms with E-state index >= 15 is 0 Å². The summed E-state index contributed by atoms with van der Waals surface area (Å²) >= 11 is 5.93. The molecule has 0 saturated heterocycles. The highest BCUT2D eigenvalue weighted by atomic mass is 35.5. The van der Waals surface area contributed by atoms with Crippen molar-refractivity contribution in [3.63, 3.8) is 0 Å². The molecule has 7 heteroatoms. The van der Waals surface area contributed by atoms with E-state index in [2.05, 4.69) is 29.7 Å². The first-order valence-electron chi connectivity index (χ1n) is 9.88. The van der Waals surface area contributed by atoms with Gasteiger partial charge < -0.3 is 10.1 Å². The lowest BCUT2D eigenvalue weighted by Gasteiger charge is -2.20. The summed E-state index contributed by atoms with van der Waals surface area (Å²) in [5, 5.41) is 7.20. The largest absolute Gasteiger partial charge is 0.493 e. The molecule has 0 aromatic heterocycles. The van der Waals surface area contributed by atoms with E-state index in [9.17, 15) is 9.59 Å². The Bertz CT molecular complexity index is 880. The molecule has 2 rings (SSSR count). The smallest absolute Gasteiger partial charge is 0.262 e. The molecule has 2 N–H and O–H groups in total. The van der Waals surface area contributed by atoms with E-state index in [0.29, 0.717) is 23.1 Å². The van der Waals surface area contributed by atoms with Crippen LogP contribution in [0.5, 0.6) is 5.75 Å². The van der Waals surface area contributed by atoms with E-state index in [1.54, 1.807) is 30.5 Å². The van der Waals surface area contributed by atoms with Gasteiger partial charge in [-0.05, 0) is 59.9 Å². The van der Waals surface area contributed by atoms with E-state index in [-0.39, 0.29) is 11.8 Å². The topological polar surface area (TPSA) is 79.8 Å². The van der Waals surface area contributed by atoms with Gasteiger partial charge in [-0.3, -0.25) is 9.59 Å². The van der Waals surface area contributed by atoms with Crippen LogP contribution in [-0.4, -0.2) is 30.7 Å². The van der Waals surface area contributed by atoms with Crippen LogP contribution < -0.4 is 15.5 Å². The van der Waals surface area contributed by atoms with Gasteiger partial charge in [0.1, 0.15) is 11.8 Å². The van der Waals surface area contributed by atoms with Gasteiger partial charge in [0.25, 0.3) is 11.8 Å². The van der Waals surface area contributed by atoms with E-state index in [0.717, 1.165) is 11.3 Å². The van der Waals surface area contributed by atoms with Gasteiger partial charge >= 0.3 is 0 Å². The fraction of sp³-hybridized carbons (Fsp3) is 0.348. The third-order valence-electron chi connectivity index (χ3n) is 4.17. The Morgan fingerprint density at radius 3 is 2.40 bits per heavy atom. The molecule has 0 saturated carbocycles. The number of rotatable bonds is 9. The SMILES string of the molecule is CC(C)COc1ccc(/C=N/NC(=O)C(NC(=O)c2cccc(Cl)c2)C(C)C)cc1. The zero-order valence-corrected chi connectivity index (χ0v) is 18.4. The zero-order chi connectivity index (χ0) is 22.1. The molecule has 0 radical (unpaired) electrons. The Labute approximate surface area is 182 Å². The Hall–Kier alpha value is -2.86. The highest BCUT2D eigenvalue weighted by molar-refractivity contribution is 6.31. The summed E-state index contributed by atoms with van der Waals surface area (Å²) in [6.45, 7) is 8.53. The third kappa shape index (κ3) is 7.52. The maximum Gasteiger partial charge on any atom is 0.262 e. The summed E-state index contributed by atoms with van der Waals surface area (Å²) in [7, 11) is 0. The van der Waals surface area contributed by atoms with E-state index in [1.165, 1.54) is 0 Å². The van der Waals surface area contributed by atoms with Gasteiger partial charge in [0.05, 0.1) is 12.8 Å². The molecule has 0 aliphatic rings. The number of carbonyl (C=O) groups excluding carboxylic acids is 2. The van der Waals surface area contributed by atoms with Gasteiger partial charge in [0.15, 0.2) is 0 Å².